The lowest BCUT2D eigenvalue weighted by molar-refractivity contribution is -0.118. The molecule has 4 nitrogen and oxygen atoms in total. The van der Waals surface area contributed by atoms with Gasteiger partial charge < -0.3 is 15.2 Å². The number of anilines is 1. The van der Waals surface area contributed by atoms with Crippen LogP contribution in [0.25, 0.3) is 0 Å². The number of hydrogen-bond acceptors (Lipinski definition) is 3. The van der Waals surface area contributed by atoms with Crippen molar-refractivity contribution in [1.29, 1.82) is 0 Å². The maximum atomic E-state index is 12.0. The molecule has 2 N–H and O–H groups in total. The fraction of sp³-hybridized carbons (Fsp3) is 0.0952. The molecule has 0 bridgehead atoms. The van der Waals surface area contributed by atoms with Crippen molar-refractivity contribution >= 4 is 11.6 Å². The predicted molar refractivity (Wildman–Crippen MR) is 97.9 cm³/mol. The molecule has 0 atom stereocenters. The van der Waals surface area contributed by atoms with E-state index < -0.39 is 0 Å². The van der Waals surface area contributed by atoms with Gasteiger partial charge in [-0.15, -0.1) is 0 Å². The quantitative estimate of drug-likeness (QED) is 0.717. The summed E-state index contributed by atoms with van der Waals surface area (Å²) in [5.74, 6) is 0.518. The van der Waals surface area contributed by atoms with E-state index in [2.05, 4.69) is 17.4 Å². The minimum absolute atomic E-state index is 0.0958. The topological polar surface area (TPSA) is 58.6 Å². The van der Waals surface area contributed by atoms with E-state index in [9.17, 15) is 9.90 Å². The first kappa shape index (κ1) is 16.6. The number of phenolic OH excluding ortho intramolecular Hbond substituents is 1. The van der Waals surface area contributed by atoms with Gasteiger partial charge in [-0.2, -0.15) is 0 Å². The van der Waals surface area contributed by atoms with Gasteiger partial charge in [0.1, 0.15) is 11.5 Å². The lowest BCUT2D eigenvalue weighted by atomic mass is 10.0. The molecule has 0 spiro atoms. The third-order valence-corrected chi connectivity index (χ3v) is 3.70. The van der Waals surface area contributed by atoms with E-state index in [1.165, 1.54) is 11.6 Å². The molecule has 0 aliphatic carbocycles. The van der Waals surface area contributed by atoms with Crippen molar-refractivity contribution in [1.82, 2.24) is 0 Å². The first-order valence-corrected chi connectivity index (χ1v) is 8.04. The highest BCUT2D eigenvalue weighted by atomic mass is 16.5. The van der Waals surface area contributed by atoms with Crippen LogP contribution in [0.4, 0.5) is 5.69 Å². The molecule has 0 aliphatic rings. The minimum atomic E-state index is -0.278. The first-order valence-electron chi connectivity index (χ1n) is 8.04. The van der Waals surface area contributed by atoms with Crippen LogP contribution in [0.1, 0.15) is 11.1 Å². The molecule has 4 heteroatoms. The molecule has 0 saturated carbocycles. The highest BCUT2D eigenvalue weighted by Crippen LogP contribution is 2.21. The highest BCUT2D eigenvalue weighted by molar-refractivity contribution is 5.92. The Balaban J connectivity index is 1.62. The van der Waals surface area contributed by atoms with Crippen molar-refractivity contribution < 1.29 is 14.6 Å². The standard InChI is InChI=1S/C21H19NO3/c23-19-11-6-10-18(14-19)22-21(24)15-25-20-12-5-4-9-17(20)13-16-7-2-1-3-8-16/h1-12,14,23H,13,15H2,(H,22,24). The smallest absolute Gasteiger partial charge is 0.262 e. The van der Waals surface area contributed by atoms with Gasteiger partial charge in [0, 0.05) is 18.2 Å². The predicted octanol–water partition coefficient (Wildman–Crippen LogP) is 4.00. The Hall–Kier alpha value is -3.27. The van der Waals surface area contributed by atoms with Crippen LogP contribution in [0, 0.1) is 0 Å². The maximum absolute atomic E-state index is 12.0. The normalized spacial score (nSPS) is 10.2. The van der Waals surface area contributed by atoms with E-state index in [4.69, 9.17) is 4.74 Å². The second kappa shape index (κ2) is 8.02. The summed E-state index contributed by atoms with van der Waals surface area (Å²) >= 11 is 0. The number of phenols is 1. The lowest BCUT2D eigenvalue weighted by Gasteiger charge is -2.12. The molecule has 126 valence electrons. The summed E-state index contributed by atoms with van der Waals surface area (Å²) in [6.07, 6.45) is 0.741. The van der Waals surface area contributed by atoms with Crippen LogP contribution in [-0.4, -0.2) is 17.6 Å². The molecule has 0 aliphatic heterocycles. The van der Waals surface area contributed by atoms with Crippen LogP contribution in [0.15, 0.2) is 78.9 Å². The van der Waals surface area contributed by atoms with Crippen molar-refractivity contribution in [2.45, 2.75) is 6.42 Å². The van der Waals surface area contributed by atoms with E-state index in [1.807, 2.05) is 42.5 Å². The summed E-state index contributed by atoms with van der Waals surface area (Å²) in [7, 11) is 0. The zero-order valence-corrected chi connectivity index (χ0v) is 13.7. The van der Waals surface area contributed by atoms with Crippen LogP contribution in [-0.2, 0) is 11.2 Å². The number of para-hydroxylation sites is 1. The Morgan fingerprint density at radius 2 is 1.68 bits per heavy atom. The number of amides is 1. The van der Waals surface area contributed by atoms with Crippen LogP contribution in [0.5, 0.6) is 11.5 Å². The zero-order valence-electron chi connectivity index (χ0n) is 13.7. The van der Waals surface area contributed by atoms with Crippen LogP contribution < -0.4 is 10.1 Å². The van der Waals surface area contributed by atoms with Crippen molar-refractivity contribution in [3.63, 3.8) is 0 Å². The molecule has 3 aromatic rings. The van der Waals surface area contributed by atoms with Crippen molar-refractivity contribution in [3.05, 3.63) is 90.0 Å². The molecule has 25 heavy (non-hydrogen) atoms. The molecule has 0 heterocycles. The van der Waals surface area contributed by atoms with E-state index in [-0.39, 0.29) is 18.3 Å². The number of aromatic hydroxyl groups is 1. The lowest BCUT2D eigenvalue weighted by Crippen LogP contribution is -2.20. The molecule has 1 amide bonds. The van der Waals surface area contributed by atoms with E-state index in [1.54, 1.807) is 18.2 Å². The number of benzene rings is 3. The molecule has 0 unspecified atom stereocenters. The summed E-state index contributed by atoms with van der Waals surface area (Å²) in [6, 6.07) is 24.2. The number of carbonyl (C=O) groups is 1. The first-order chi connectivity index (χ1) is 12.2. The SMILES string of the molecule is O=C(COc1ccccc1Cc1ccccc1)Nc1cccc(O)c1. The molecular weight excluding hydrogens is 314 g/mol. The van der Waals surface area contributed by atoms with Crippen LogP contribution in [0.2, 0.25) is 0 Å². The molecule has 3 rings (SSSR count). The Morgan fingerprint density at radius 1 is 0.920 bits per heavy atom. The molecule has 0 saturated heterocycles. The Labute approximate surface area is 146 Å². The van der Waals surface area contributed by atoms with E-state index >= 15 is 0 Å². The summed E-state index contributed by atoms with van der Waals surface area (Å²) in [4.78, 5) is 12.0. The summed E-state index contributed by atoms with van der Waals surface area (Å²) in [5, 5.41) is 12.1. The third-order valence-electron chi connectivity index (χ3n) is 3.70. The Bertz CT molecular complexity index is 847. The fourth-order valence-electron chi connectivity index (χ4n) is 2.53. The number of carbonyl (C=O) groups excluding carboxylic acids is 1. The Kier molecular flexibility index (Phi) is 5.32. The molecule has 0 fully saturated rings. The molecule has 0 radical (unpaired) electrons. The van der Waals surface area contributed by atoms with Gasteiger partial charge in [0.25, 0.3) is 5.91 Å². The highest BCUT2D eigenvalue weighted by Gasteiger charge is 2.08. The van der Waals surface area contributed by atoms with Gasteiger partial charge in [0.2, 0.25) is 0 Å². The van der Waals surface area contributed by atoms with Crippen molar-refractivity contribution in [2.75, 3.05) is 11.9 Å². The maximum Gasteiger partial charge on any atom is 0.262 e. The second-order valence-electron chi connectivity index (χ2n) is 5.66. The number of rotatable bonds is 6. The van der Waals surface area contributed by atoms with Gasteiger partial charge in [0.15, 0.2) is 6.61 Å². The van der Waals surface area contributed by atoms with Crippen molar-refractivity contribution in [3.8, 4) is 11.5 Å². The average Bonchev–Trinajstić information content (AvgIpc) is 2.62. The van der Waals surface area contributed by atoms with Gasteiger partial charge >= 0.3 is 0 Å². The zero-order chi connectivity index (χ0) is 17.5. The van der Waals surface area contributed by atoms with E-state index in [0.717, 1.165) is 12.0 Å². The summed E-state index contributed by atoms with van der Waals surface area (Å²) < 4.78 is 5.70. The molecule has 3 aromatic carbocycles. The van der Waals surface area contributed by atoms with Crippen molar-refractivity contribution in [2.24, 2.45) is 0 Å². The largest absolute Gasteiger partial charge is 0.508 e. The fourth-order valence-corrected chi connectivity index (χ4v) is 2.53. The van der Waals surface area contributed by atoms with Gasteiger partial charge in [-0.05, 0) is 29.3 Å². The molecular formula is C21H19NO3. The van der Waals surface area contributed by atoms with E-state index in [0.29, 0.717) is 11.4 Å². The van der Waals surface area contributed by atoms with Gasteiger partial charge in [-0.25, -0.2) is 0 Å². The number of hydrogen-bond donors (Lipinski definition) is 2. The van der Waals surface area contributed by atoms with Crippen LogP contribution in [0.3, 0.4) is 0 Å². The summed E-state index contributed by atoms with van der Waals surface area (Å²) in [6.45, 7) is -0.0958. The summed E-state index contributed by atoms with van der Waals surface area (Å²) in [5.41, 5.74) is 2.74. The van der Waals surface area contributed by atoms with Crippen LogP contribution >= 0.6 is 0 Å². The average molecular weight is 333 g/mol. The second-order valence-corrected chi connectivity index (χ2v) is 5.66. The third kappa shape index (κ3) is 4.85. The monoisotopic (exact) mass is 333 g/mol. The minimum Gasteiger partial charge on any atom is -0.508 e. The Morgan fingerprint density at radius 3 is 2.48 bits per heavy atom. The molecule has 0 aromatic heterocycles. The van der Waals surface area contributed by atoms with Gasteiger partial charge in [-0.1, -0.05) is 54.6 Å². The number of nitrogens with one attached hydrogen (secondary N) is 1. The van der Waals surface area contributed by atoms with Gasteiger partial charge in [0.05, 0.1) is 0 Å². The van der Waals surface area contributed by atoms with Gasteiger partial charge in [-0.3, -0.25) is 4.79 Å². The number of ether oxygens (including phenoxy) is 1.